The number of hydrogen-bond donors (Lipinski definition) is 2. The summed E-state index contributed by atoms with van der Waals surface area (Å²) in [5, 5.41) is 9.50. The molecular weight excluding hydrogens is 226 g/mol. The first-order valence-electron chi connectivity index (χ1n) is 2.59. The van der Waals surface area contributed by atoms with Gasteiger partial charge in [-0.1, -0.05) is 34.8 Å². The number of rotatable bonds is 0. The summed E-state index contributed by atoms with van der Waals surface area (Å²) in [5.74, 6) is -0.119. The second kappa shape index (κ2) is 3.31. The maximum Gasteiger partial charge on any atom is 0.136 e. The first-order chi connectivity index (χ1) is 5.04. The molecule has 1 aromatic carbocycles. The van der Waals surface area contributed by atoms with Crippen LogP contribution in [0.25, 0.3) is 0 Å². The Morgan fingerprint density at radius 1 is 1.09 bits per heavy atom. The molecule has 0 aliphatic heterocycles. The van der Waals surface area contributed by atoms with Crippen molar-refractivity contribution in [3.05, 3.63) is 21.1 Å². The van der Waals surface area contributed by atoms with E-state index in [0.29, 0.717) is 4.90 Å². The highest BCUT2D eigenvalue weighted by atomic mass is 35.5. The molecule has 0 amide bonds. The number of benzene rings is 1. The molecule has 1 N–H and O–H groups in total. The largest absolute Gasteiger partial charge is 0.506 e. The predicted octanol–water partition coefficient (Wildman–Crippen LogP) is 3.64. The van der Waals surface area contributed by atoms with Crippen LogP contribution in [0.5, 0.6) is 5.75 Å². The summed E-state index contributed by atoms with van der Waals surface area (Å²) >= 11 is 20.8. The smallest absolute Gasteiger partial charge is 0.136 e. The molecule has 1 nitrogen and oxygen atoms in total. The summed E-state index contributed by atoms with van der Waals surface area (Å²) in [6, 6.07) is 1.33. The standard InChI is InChI=1S/C6H3Cl3OS/c7-4-2(10)1-3(11)5(8)6(4)9/h1,10-11H. The molecule has 0 spiro atoms. The molecule has 5 heteroatoms. The van der Waals surface area contributed by atoms with Crippen molar-refractivity contribution < 1.29 is 5.11 Å². The molecule has 11 heavy (non-hydrogen) atoms. The fraction of sp³-hybridized carbons (Fsp3) is 0. The summed E-state index contributed by atoms with van der Waals surface area (Å²) in [6.45, 7) is 0. The Morgan fingerprint density at radius 2 is 1.64 bits per heavy atom. The second-order valence-corrected chi connectivity index (χ2v) is 3.47. The molecule has 0 aliphatic carbocycles. The molecule has 1 aromatic rings. The summed E-state index contributed by atoms with van der Waals surface area (Å²) in [7, 11) is 0. The number of aromatic hydroxyl groups is 1. The summed E-state index contributed by atoms with van der Waals surface area (Å²) < 4.78 is 0. The highest BCUT2D eigenvalue weighted by molar-refractivity contribution is 7.80. The molecule has 0 radical (unpaired) electrons. The third-order valence-corrected chi connectivity index (χ3v) is 2.94. The van der Waals surface area contributed by atoms with Crippen molar-refractivity contribution >= 4 is 47.4 Å². The Labute approximate surface area is 84.3 Å². The van der Waals surface area contributed by atoms with Crippen molar-refractivity contribution in [2.45, 2.75) is 4.90 Å². The van der Waals surface area contributed by atoms with Crippen molar-refractivity contribution in [1.82, 2.24) is 0 Å². The maximum atomic E-state index is 9.08. The van der Waals surface area contributed by atoms with E-state index in [9.17, 15) is 0 Å². The van der Waals surface area contributed by atoms with Gasteiger partial charge in [-0.25, -0.2) is 0 Å². The van der Waals surface area contributed by atoms with Crippen molar-refractivity contribution in [3.63, 3.8) is 0 Å². The van der Waals surface area contributed by atoms with Crippen molar-refractivity contribution in [3.8, 4) is 5.75 Å². The minimum absolute atomic E-state index is 0.0504. The van der Waals surface area contributed by atoms with E-state index in [1.807, 2.05) is 0 Å². The van der Waals surface area contributed by atoms with Crippen LogP contribution in [-0.2, 0) is 0 Å². The van der Waals surface area contributed by atoms with Gasteiger partial charge in [-0.3, -0.25) is 0 Å². The van der Waals surface area contributed by atoms with Gasteiger partial charge in [0.2, 0.25) is 0 Å². The SMILES string of the molecule is Oc1cc(S)c(Cl)c(Cl)c1Cl. The Bertz CT molecular complexity index is 274. The molecule has 0 fully saturated rings. The van der Waals surface area contributed by atoms with Crippen LogP contribution in [0.4, 0.5) is 0 Å². The molecule has 60 valence electrons. The third-order valence-electron chi connectivity index (χ3n) is 1.11. The fourth-order valence-corrected chi connectivity index (χ4v) is 1.42. The topological polar surface area (TPSA) is 20.2 Å². The second-order valence-electron chi connectivity index (χ2n) is 1.86. The Hall–Kier alpha value is 0.240. The van der Waals surface area contributed by atoms with Crippen LogP contribution in [0.15, 0.2) is 11.0 Å². The Balaban J connectivity index is 3.46. The van der Waals surface area contributed by atoms with E-state index >= 15 is 0 Å². The van der Waals surface area contributed by atoms with Gasteiger partial charge < -0.3 is 5.11 Å². The van der Waals surface area contributed by atoms with Gasteiger partial charge >= 0.3 is 0 Å². The number of thiol groups is 1. The van der Waals surface area contributed by atoms with E-state index in [2.05, 4.69) is 12.6 Å². The average Bonchev–Trinajstić information content (AvgIpc) is 1.97. The van der Waals surface area contributed by atoms with E-state index in [-0.39, 0.29) is 20.8 Å². The molecule has 0 aromatic heterocycles. The minimum Gasteiger partial charge on any atom is -0.506 e. The summed E-state index contributed by atoms with van der Waals surface area (Å²) in [5.41, 5.74) is 0. The number of halogens is 3. The van der Waals surface area contributed by atoms with Gasteiger partial charge in [0.15, 0.2) is 0 Å². The first-order valence-corrected chi connectivity index (χ1v) is 4.17. The van der Waals surface area contributed by atoms with Gasteiger partial charge in [-0.05, 0) is 6.07 Å². The summed E-state index contributed by atoms with van der Waals surface area (Å²) in [6.07, 6.45) is 0. The normalized spacial score (nSPS) is 10.2. The fourth-order valence-electron chi connectivity index (χ4n) is 0.577. The minimum atomic E-state index is -0.119. The first kappa shape index (κ1) is 9.33. The van der Waals surface area contributed by atoms with Crippen LogP contribution in [0.1, 0.15) is 0 Å². The van der Waals surface area contributed by atoms with Crippen molar-refractivity contribution in [2.75, 3.05) is 0 Å². The van der Waals surface area contributed by atoms with Gasteiger partial charge in [0.1, 0.15) is 10.8 Å². The van der Waals surface area contributed by atoms with Crippen LogP contribution in [0.3, 0.4) is 0 Å². The van der Waals surface area contributed by atoms with Gasteiger partial charge in [0.05, 0.1) is 10.0 Å². The number of phenols is 1. The van der Waals surface area contributed by atoms with E-state index in [1.54, 1.807) is 0 Å². The van der Waals surface area contributed by atoms with Crippen LogP contribution in [-0.4, -0.2) is 5.11 Å². The predicted molar refractivity (Wildman–Crippen MR) is 50.4 cm³/mol. The highest BCUT2D eigenvalue weighted by Gasteiger charge is 2.10. The van der Waals surface area contributed by atoms with E-state index < -0.39 is 0 Å². The molecule has 0 unspecified atom stereocenters. The monoisotopic (exact) mass is 228 g/mol. The molecule has 0 heterocycles. The maximum absolute atomic E-state index is 9.08. The summed E-state index contributed by atoms with van der Waals surface area (Å²) in [4.78, 5) is 0.401. The zero-order chi connectivity index (χ0) is 8.59. The zero-order valence-electron chi connectivity index (χ0n) is 5.11. The molecule has 1 rings (SSSR count). The van der Waals surface area contributed by atoms with E-state index in [1.165, 1.54) is 6.07 Å². The third kappa shape index (κ3) is 1.70. The van der Waals surface area contributed by atoms with Gasteiger partial charge in [-0.15, -0.1) is 12.6 Å². The van der Waals surface area contributed by atoms with Crippen LogP contribution in [0, 0.1) is 0 Å². The number of hydrogen-bond acceptors (Lipinski definition) is 2. The van der Waals surface area contributed by atoms with E-state index in [0.717, 1.165) is 0 Å². The Morgan fingerprint density at radius 3 is 2.18 bits per heavy atom. The van der Waals surface area contributed by atoms with Gasteiger partial charge in [0, 0.05) is 4.90 Å². The highest BCUT2D eigenvalue weighted by Crippen LogP contribution is 2.40. The van der Waals surface area contributed by atoms with Gasteiger partial charge in [-0.2, -0.15) is 0 Å². The molecule has 0 bridgehead atoms. The lowest BCUT2D eigenvalue weighted by Gasteiger charge is -2.03. The number of phenolic OH excluding ortho intramolecular Hbond substituents is 1. The lowest BCUT2D eigenvalue weighted by atomic mass is 10.3. The molecular formula is C6H3Cl3OS. The quantitative estimate of drug-likeness (QED) is 0.514. The van der Waals surface area contributed by atoms with Crippen molar-refractivity contribution in [1.29, 1.82) is 0 Å². The lowest BCUT2D eigenvalue weighted by Crippen LogP contribution is -1.76. The molecule has 0 saturated carbocycles. The molecule has 0 aliphatic rings. The average molecular weight is 230 g/mol. The van der Waals surface area contributed by atoms with Crippen LogP contribution in [0.2, 0.25) is 15.1 Å². The lowest BCUT2D eigenvalue weighted by molar-refractivity contribution is 0.474. The Kier molecular flexibility index (Phi) is 2.81. The van der Waals surface area contributed by atoms with Crippen LogP contribution >= 0.6 is 47.4 Å². The van der Waals surface area contributed by atoms with Crippen LogP contribution < -0.4 is 0 Å². The van der Waals surface area contributed by atoms with Crippen molar-refractivity contribution in [2.24, 2.45) is 0 Å². The van der Waals surface area contributed by atoms with Gasteiger partial charge in [0.25, 0.3) is 0 Å². The van der Waals surface area contributed by atoms with E-state index in [4.69, 9.17) is 39.9 Å². The molecule has 0 saturated heterocycles. The zero-order valence-corrected chi connectivity index (χ0v) is 8.27. The molecule has 0 atom stereocenters.